The van der Waals surface area contributed by atoms with E-state index in [4.69, 9.17) is 4.74 Å². The molecule has 0 aliphatic carbocycles. The molecule has 1 atom stereocenters. The minimum atomic E-state index is -3.18. The van der Waals surface area contributed by atoms with Crippen molar-refractivity contribution in [3.63, 3.8) is 0 Å². The van der Waals surface area contributed by atoms with Gasteiger partial charge in [-0.2, -0.15) is 0 Å². The number of sulfone groups is 1. The first-order valence-electron chi connectivity index (χ1n) is 4.91. The van der Waals surface area contributed by atoms with Gasteiger partial charge in [0.15, 0.2) is 9.84 Å². The summed E-state index contributed by atoms with van der Waals surface area (Å²) in [7, 11) is -3.18. The normalized spacial score (nSPS) is 20.3. The largest absolute Gasteiger partial charge is 0.372 e. The average Bonchev–Trinajstić information content (AvgIpc) is 2.92. The summed E-state index contributed by atoms with van der Waals surface area (Å²) in [6, 6.07) is 5.49. The van der Waals surface area contributed by atoms with Crippen molar-refractivity contribution < 1.29 is 13.2 Å². The van der Waals surface area contributed by atoms with Crippen LogP contribution in [0.5, 0.6) is 0 Å². The third kappa shape index (κ3) is 2.38. The van der Waals surface area contributed by atoms with E-state index >= 15 is 0 Å². The molecule has 0 saturated carbocycles. The Morgan fingerprint density at radius 2 is 2.07 bits per heavy atom. The van der Waals surface area contributed by atoms with Gasteiger partial charge in [-0.15, -0.1) is 0 Å². The molecule has 0 bridgehead atoms. The van der Waals surface area contributed by atoms with Crippen molar-refractivity contribution in [2.45, 2.75) is 24.8 Å². The Bertz CT molecular complexity index is 473. The first-order valence-corrected chi connectivity index (χ1v) is 6.56. The molecule has 2 rings (SSSR count). The summed E-state index contributed by atoms with van der Waals surface area (Å²) < 4.78 is 28.9. The molecular formula is C11H14O3S. The summed E-state index contributed by atoms with van der Waals surface area (Å²) >= 11 is 0. The van der Waals surface area contributed by atoms with Crippen LogP contribution in [0.25, 0.3) is 0 Å². The van der Waals surface area contributed by atoms with Crippen LogP contribution in [0.3, 0.4) is 0 Å². The monoisotopic (exact) mass is 226 g/mol. The van der Waals surface area contributed by atoms with Gasteiger partial charge in [-0.3, -0.25) is 0 Å². The second kappa shape index (κ2) is 3.61. The van der Waals surface area contributed by atoms with Crippen LogP contribution in [0.2, 0.25) is 0 Å². The fraction of sp³-hybridized carbons (Fsp3) is 0.455. The highest BCUT2D eigenvalue weighted by Gasteiger charge is 2.30. The number of aryl methyl sites for hydroxylation is 2. The van der Waals surface area contributed by atoms with Gasteiger partial charge in [0.2, 0.25) is 0 Å². The number of epoxide rings is 1. The Labute approximate surface area is 90.0 Å². The molecule has 0 aromatic heterocycles. The number of ether oxygens (including phenoxy) is 1. The van der Waals surface area contributed by atoms with E-state index in [9.17, 15) is 8.42 Å². The standard InChI is InChI=1S/C11H14O3S/c1-8-3-4-9(2)11(5-8)15(12,13)7-10-6-14-10/h3-5,10H,6-7H2,1-2H3. The Hall–Kier alpha value is -0.870. The summed E-state index contributed by atoms with van der Waals surface area (Å²) in [6.07, 6.45) is -0.0880. The van der Waals surface area contributed by atoms with E-state index in [1.807, 2.05) is 26.0 Å². The van der Waals surface area contributed by atoms with Crippen LogP contribution in [0.4, 0.5) is 0 Å². The highest BCUT2D eigenvalue weighted by molar-refractivity contribution is 7.91. The fourth-order valence-electron chi connectivity index (χ4n) is 1.54. The molecule has 0 N–H and O–H groups in total. The summed E-state index contributed by atoms with van der Waals surface area (Å²) in [6.45, 7) is 4.29. The molecular weight excluding hydrogens is 212 g/mol. The van der Waals surface area contributed by atoms with Gasteiger partial charge < -0.3 is 4.74 Å². The molecule has 82 valence electrons. The van der Waals surface area contributed by atoms with Crippen LogP contribution in [-0.4, -0.2) is 26.9 Å². The topological polar surface area (TPSA) is 46.7 Å². The molecule has 0 spiro atoms. The molecule has 1 aliphatic heterocycles. The lowest BCUT2D eigenvalue weighted by Gasteiger charge is -2.07. The Morgan fingerprint density at radius 1 is 1.40 bits per heavy atom. The number of benzene rings is 1. The van der Waals surface area contributed by atoms with Crippen LogP contribution >= 0.6 is 0 Å². The predicted octanol–water partition coefficient (Wildman–Crippen LogP) is 1.48. The summed E-state index contributed by atoms with van der Waals surface area (Å²) in [5.41, 5.74) is 1.78. The van der Waals surface area contributed by atoms with Crippen LogP contribution in [0, 0.1) is 13.8 Å². The number of rotatable bonds is 3. The zero-order valence-electron chi connectivity index (χ0n) is 8.86. The van der Waals surface area contributed by atoms with E-state index in [1.54, 1.807) is 6.07 Å². The van der Waals surface area contributed by atoms with Gasteiger partial charge >= 0.3 is 0 Å². The van der Waals surface area contributed by atoms with E-state index in [0.29, 0.717) is 11.5 Å². The second-order valence-electron chi connectivity index (χ2n) is 4.01. The minimum absolute atomic E-state index is 0.0880. The maximum Gasteiger partial charge on any atom is 0.181 e. The number of hydrogen-bond donors (Lipinski definition) is 0. The molecule has 0 radical (unpaired) electrons. The van der Waals surface area contributed by atoms with Crippen molar-refractivity contribution in [2.24, 2.45) is 0 Å². The fourth-order valence-corrected chi connectivity index (χ4v) is 3.33. The maximum absolute atomic E-state index is 12.0. The van der Waals surface area contributed by atoms with Gasteiger partial charge in [-0.25, -0.2) is 8.42 Å². The summed E-state index contributed by atoms with van der Waals surface area (Å²) in [5, 5.41) is 0. The van der Waals surface area contributed by atoms with Gasteiger partial charge in [0, 0.05) is 0 Å². The van der Waals surface area contributed by atoms with E-state index < -0.39 is 9.84 Å². The van der Waals surface area contributed by atoms with Gasteiger partial charge in [0.05, 0.1) is 23.4 Å². The zero-order chi connectivity index (χ0) is 11.1. The Balaban J connectivity index is 2.38. The van der Waals surface area contributed by atoms with Crippen LogP contribution in [-0.2, 0) is 14.6 Å². The highest BCUT2D eigenvalue weighted by atomic mass is 32.2. The minimum Gasteiger partial charge on any atom is -0.372 e. The molecule has 0 amide bonds. The molecule has 4 heteroatoms. The van der Waals surface area contributed by atoms with Crippen molar-refractivity contribution >= 4 is 9.84 Å². The van der Waals surface area contributed by atoms with Crippen molar-refractivity contribution in [1.29, 1.82) is 0 Å². The molecule has 1 saturated heterocycles. The second-order valence-corrected chi connectivity index (χ2v) is 6.01. The summed E-state index contributed by atoms with van der Waals surface area (Å²) in [5.74, 6) is 0.108. The molecule has 1 aromatic carbocycles. The van der Waals surface area contributed by atoms with E-state index in [0.717, 1.165) is 11.1 Å². The van der Waals surface area contributed by atoms with Crippen molar-refractivity contribution in [1.82, 2.24) is 0 Å². The van der Waals surface area contributed by atoms with Gasteiger partial charge in [-0.1, -0.05) is 12.1 Å². The lowest BCUT2D eigenvalue weighted by atomic mass is 10.2. The van der Waals surface area contributed by atoms with Crippen molar-refractivity contribution in [3.05, 3.63) is 29.3 Å². The molecule has 1 heterocycles. The average molecular weight is 226 g/mol. The zero-order valence-corrected chi connectivity index (χ0v) is 9.67. The molecule has 1 fully saturated rings. The first-order chi connectivity index (χ1) is 6.99. The molecule has 15 heavy (non-hydrogen) atoms. The van der Waals surface area contributed by atoms with Crippen LogP contribution < -0.4 is 0 Å². The Kier molecular flexibility index (Phi) is 2.56. The van der Waals surface area contributed by atoms with Crippen molar-refractivity contribution in [3.8, 4) is 0 Å². The van der Waals surface area contributed by atoms with Crippen LogP contribution in [0.1, 0.15) is 11.1 Å². The van der Waals surface area contributed by atoms with E-state index in [1.165, 1.54) is 0 Å². The molecule has 1 aromatic rings. The third-order valence-electron chi connectivity index (χ3n) is 2.49. The van der Waals surface area contributed by atoms with Gasteiger partial charge in [0.25, 0.3) is 0 Å². The predicted molar refractivity (Wildman–Crippen MR) is 57.7 cm³/mol. The Morgan fingerprint density at radius 3 is 2.67 bits per heavy atom. The first kappa shape index (κ1) is 10.6. The molecule has 1 aliphatic rings. The van der Waals surface area contributed by atoms with Gasteiger partial charge in [0.1, 0.15) is 0 Å². The van der Waals surface area contributed by atoms with Crippen molar-refractivity contribution in [2.75, 3.05) is 12.4 Å². The third-order valence-corrected chi connectivity index (χ3v) is 4.41. The lowest BCUT2D eigenvalue weighted by molar-refractivity contribution is 0.422. The lowest BCUT2D eigenvalue weighted by Crippen LogP contribution is -2.13. The van der Waals surface area contributed by atoms with E-state index in [-0.39, 0.29) is 11.9 Å². The SMILES string of the molecule is Cc1ccc(C)c(S(=O)(=O)CC2CO2)c1. The maximum atomic E-state index is 12.0. The quantitative estimate of drug-likeness (QED) is 0.733. The summed E-state index contributed by atoms with van der Waals surface area (Å²) in [4.78, 5) is 0.443. The number of hydrogen-bond acceptors (Lipinski definition) is 3. The highest BCUT2D eigenvalue weighted by Crippen LogP contribution is 2.22. The van der Waals surface area contributed by atoms with E-state index in [2.05, 4.69) is 0 Å². The smallest absolute Gasteiger partial charge is 0.181 e. The molecule has 1 unspecified atom stereocenters. The van der Waals surface area contributed by atoms with Crippen LogP contribution in [0.15, 0.2) is 23.1 Å². The van der Waals surface area contributed by atoms with Gasteiger partial charge in [-0.05, 0) is 31.0 Å². The molecule has 3 nitrogen and oxygen atoms in total.